The van der Waals surface area contributed by atoms with Gasteiger partial charge in [0, 0.05) is 6.07 Å². The van der Waals surface area contributed by atoms with Gasteiger partial charge in [-0.3, -0.25) is 0 Å². The average Bonchev–Trinajstić information content (AvgIpc) is 2.24. The number of hydrogen-bond donors (Lipinski definition) is 1. The first-order valence-electron chi connectivity index (χ1n) is 4.51. The fraction of sp³-hybridized carbons (Fsp3) is 0.273. The molecule has 0 aliphatic rings. The van der Waals surface area contributed by atoms with Crippen LogP contribution in [0.4, 0.5) is 17.6 Å². The molecule has 0 amide bonds. The zero-order valence-electron chi connectivity index (χ0n) is 8.51. The Hall–Kier alpha value is -1.74. The Morgan fingerprint density at radius 1 is 1.29 bits per heavy atom. The van der Waals surface area contributed by atoms with Crippen molar-refractivity contribution in [2.75, 3.05) is 13.2 Å². The summed E-state index contributed by atoms with van der Waals surface area (Å²) in [6, 6.07) is 3.17. The molecule has 0 fully saturated rings. The Labute approximate surface area is 94.8 Å². The molecule has 0 saturated carbocycles. The van der Waals surface area contributed by atoms with Crippen LogP contribution in [-0.4, -0.2) is 24.5 Å². The number of alkyl halides is 3. The molecule has 0 atom stereocenters. The van der Waals surface area contributed by atoms with Crippen LogP contribution in [0.25, 0.3) is 0 Å². The first-order valence-corrected chi connectivity index (χ1v) is 4.51. The van der Waals surface area contributed by atoms with Crippen LogP contribution in [0.1, 0.15) is 5.56 Å². The van der Waals surface area contributed by atoms with E-state index in [4.69, 9.17) is 5.11 Å². The van der Waals surface area contributed by atoms with E-state index in [2.05, 4.69) is 16.6 Å². The van der Waals surface area contributed by atoms with Crippen LogP contribution in [0.5, 0.6) is 5.75 Å². The summed E-state index contributed by atoms with van der Waals surface area (Å²) in [4.78, 5) is 0. The Kier molecular flexibility index (Phi) is 4.35. The van der Waals surface area contributed by atoms with Crippen LogP contribution in [0.15, 0.2) is 18.2 Å². The largest absolute Gasteiger partial charge is 0.484 e. The van der Waals surface area contributed by atoms with Crippen molar-refractivity contribution in [3.05, 3.63) is 29.6 Å². The topological polar surface area (TPSA) is 29.5 Å². The van der Waals surface area contributed by atoms with Gasteiger partial charge >= 0.3 is 6.18 Å². The average molecular weight is 248 g/mol. The van der Waals surface area contributed by atoms with Gasteiger partial charge in [-0.15, -0.1) is 0 Å². The summed E-state index contributed by atoms with van der Waals surface area (Å²) in [5.74, 6) is 3.51. The molecule has 0 aliphatic carbocycles. The highest BCUT2D eigenvalue weighted by molar-refractivity contribution is 5.39. The van der Waals surface area contributed by atoms with Gasteiger partial charge in [0.15, 0.2) is 6.61 Å². The predicted molar refractivity (Wildman–Crippen MR) is 51.9 cm³/mol. The minimum Gasteiger partial charge on any atom is -0.484 e. The van der Waals surface area contributed by atoms with Crippen molar-refractivity contribution in [3.63, 3.8) is 0 Å². The van der Waals surface area contributed by atoms with Crippen molar-refractivity contribution >= 4 is 0 Å². The SMILES string of the molecule is OCC#Cc1ccc(OCC(F)(F)F)cc1F. The number of hydrogen-bond acceptors (Lipinski definition) is 2. The molecule has 17 heavy (non-hydrogen) atoms. The molecule has 0 unspecified atom stereocenters. The van der Waals surface area contributed by atoms with E-state index in [1.807, 2.05) is 0 Å². The smallest absolute Gasteiger partial charge is 0.422 e. The van der Waals surface area contributed by atoms with Gasteiger partial charge in [0.05, 0.1) is 5.56 Å². The van der Waals surface area contributed by atoms with E-state index in [-0.39, 0.29) is 11.3 Å². The maximum atomic E-state index is 13.2. The van der Waals surface area contributed by atoms with E-state index in [1.165, 1.54) is 12.1 Å². The zero-order chi connectivity index (χ0) is 12.9. The Balaban J connectivity index is 2.75. The fourth-order valence-electron chi connectivity index (χ4n) is 0.987. The van der Waals surface area contributed by atoms with Crippen LogP contribution in [0, 0.1) is 17.7 Å². The minimum absolute atomic E-state index is 0.0154. The molecular weight excluding hydrogens is 240 g/mol. The summed E-state index contributed by atoms with van der Waals surface area (Å²) in [5, 5.41) is 8.40. The summed E-state index contributed by atoms with van der Waals surface area (Å²) < 4.78 is 53.1. The van der Waals surface area contributed by atoms with Gasteiger partial charge in [0.1, 0.15) is 18.2 Å². The zero-order valence-corrected chi connectivity index (χ0v) is 8.51. The van der Waals surface area contributed by atoms with E-state index < -0.39 is 25.2 Å². The highest BCUT2D eigenvalue weighted by Crippen LogP contribution is 2.20. The Bertz CT molecular complexity index is 443. The molecule has 1 aromatic carbocycles. The van der Waals surface area contributed by atoms with Gasteiger partial charge in [-0.2, -0.15) is 13.2 Å². The van der Waals surface area contributed by atoms with E-state index in [9.17, 15) is 17.6 Å². The van der Waals surface area contributed by atoms with E-state index in [0.717, 1.165) is 6.07 Å². The fourth-order valence-corrected chi connectivity index (χ4v) is 0.987. The molecule has 0 aromatic heterocycles. The maximum absolute atomic E-state index is 13.2. The van der Waals surface area contributed by atoms with E-state index in [0.29, 0.717) is 0 Å². The number of halogens is 4. The molecule has 1 N–H and O–H groups in total. The Morgan fingerprint density at radius 2 is 2.00 bits per heavy atom. The van der Waals surface area contributed by atoms with Gasteiger partial charge in [-0.1, -0.05) is 11.8 Å². The van der Waals surface area contributed by atoms with Gasteiger partial charge in [-0.05, 0) is 12.1 Å². The highest BCUT2D eigenvalue weighted by atomic mass is 19.4. The van der Waals surface area contributed by atoms with Crippen molar-refractivity contribution in [1.82, 2.24) is 0 Å². The van der Waals surface area contributed by atoms with Crippen LogP contribution < -0.4 is 4.74 Å². The number of aliphatic hydroxyl groups is 1. The quantitative estimate of drug-likeness (QED) is 0.641. The summed E-state index contributed by atoms with van der Waals surface area (Å²) >= 11 is 0. The second-order valence-corrected chi connectivity index (χ2v) is 3.01. The van der Waals surface area contributed by atoms with Crippen molar-refractivity contribution in [2.24, 2.45) is 0 Å². The molecule has 1 aromatic rings. The summed E-state index contributed by atoms with van der Waals surface area (Å²) in [7, 11) is 0. The molecule has 0 heterocycles. The number of ether oxygens (including phenoxy) is 1. The van der Waals surface area contributed by atoms with E-state index >= 15 is 0 Å². The maximum Gasteiger partial charge on any atom is 0.422 e. The van der Waals surface area contributed by atoms with Crippen molar-refractivity contribution in [1.29, 1.82) is 0 Å². The molecule has 0 radical (unpaired) electrons. The normalized spacial score (nSPS) is 10.6. The lowest BCUT2D eigenvalue weighted by atomic mass is 10.2. The molecule has 0 spiro atoms. The van der Waals surface area contributed by atoms with Crippen LogP contribution >= 0.6 is 0 Å². The lowest BCUT2D eigenvalue weighted by molar-refractivity contribution is -0.153. The van der Waals surface area contributed by atoms with Crippen LogP contribution in [0.2, 0.25) is 0 Å². The number of rotatable bonds is 2. The lowest BCUT2D eigenvalue weighted by Crippen LogP contribution is -2.19. The third-order valence-corrected chi connectivity index (χ3v) is 1.65. The van der Waals surface area contributed by atoms with Gasteiger partial charge in [0.25, 0.3) is 0 Å². The number of aliphatic hydroxyl groups excluding tert-OH is 1. The predicted octanol–water partition coefficient (Wildman–Crippen LogP) is 2.11. The van der Waals surface area contributed by atoms with Gasteiger partial charge < -0.3 is 9.84 Å². The molecule has 6 heteroatoms. The van der Waals surface area contributed by atoms with Crippen LogP contribution in [-0.2, 0) is 0 Å². The monoisotopic (exact) mass is 248 g/mol. The standard InChI is InChI=1S/C11H8F4O2/c12-10-6-9(17-7-11(13,14)15)4-3-8(10)2-1-5-16/h3-4,6,16H,5,7H2. The molecule has 2 nitrogen and oxygen atoms in total. The first kappa shape index (κ1) is 13.3. The summed E-state index contributed by atoms with van der Waals surface area (Å²) in [6.07, 6.45) is -4.47. The lowest BCUT2D eigenvalue weighted by Gasteiger charge is -2.09. The van der Waals surface area contributed by atoms with Gasteiger partial charge in [-0.25, -0.2) is 4.39 Å². The molecule has 92 valence electrons. The van der Waals surface area contributed by atoms with Crippen molar-refractivity contribution in [3.8, 4) is 17.6 Å². The minimum atomic E-state index is -4.47. The van der Waals surface area contributed by atoms with E-state index in [1.54, 1.807) is 0 Å². The molecular formula is C11H8F4O2. The number of benzene rings is 1. The second kappa shape index (κ2) is 5.55. The molecule has 0 aliphatic heterocycles. The van der Waals surface area contributed by atoms with Crippen molar-refractivity contribution in [2.45, 2.75) is 6.18 Å². The third-order valence-electron chi connectivity index (χ3n) is 1.65. The first-order chi connectivity index (χ1) is 7.92. The second-order valence-electron chi connectivity index (χ2n) is 3.01. The van der Waals surface area contributed by atoms with Crippen LogP contribution in [0.3, 0.4) is 0 Å². The van der Waals surface area contributed by atoms with Gasteiger partial charge in [0.2, 0.25) is 0 Å². The van der Waals surface area contributed by atoms with Crippen molar-refractivity contribution < 1.29 is 27.4 Å². The third kappa shape index (κ3) is 4.74. The molecule has 1 rings (SSSR count). The summed E-state index contributed by atoms with van der Waals surface area (Å²) in [6.45, 7) is -1.90. The summed E-state index contributed by atoms with van der Waals surface area (Å²) in [5.41, 5.74) is -0.0154. The molecule has 0 saturated heterocycles. The Morgan fingerprint density at radius 3 is 2.53 bits per heavy atom. The molecule has 0 bridgehead atoms. The highest BCUT2D eigenvalue weighted by Gasteiger charge is 2.28.